The van der Waals surface area contributed by atoms with E-state index in [1.54, 1.807) is 53.4 Å². The first-order chi connectivity index (χ1) is 11.0. The highest BCUT2D eigenvalue weighted by Gasteiger charge is 2.36. The maximum absolute atomic E-state index is 12.4. The van der Waals surface area contributed by atoms with Crippen molar-refractivity contribution in [2.75, 3.05) is 25.5 Å². The lowest BCUT2D eigenvalue weighted by Crippen LogP contribution is -2.29. The highest BCUT2D eigenvalue weighted by Crippen LogP contribution is 2.28. The summed E-state index contributed by atoms with van der Waals surface area (Å²) in [5, 5.41) is 0. The van der Waals surface area contributed by atoms with Crippen LogP contribution in [0.25, 0.3) is 0 Å². The fourth-order valence-electron chi connectivity index (χ4n) is 2.60. The third-order valence-electron chi connectivity index (χ3n) is 3.70. The standard InChI is InChI=1S/C18H16N2O3/c1-19(2)11-16(21)12-7-9-13(10-8-12)20-17(22)14-5-3-4-6-15(14)18(20)23/h3-10H,11H2,1-2H3. The Bertz CT molecular complexity index is 759. The number of imide groups is 1. The van der Waals surface area contributed by atoms with E-state index < -0.39 is 0 Å². The Hall–Kier alpha value is -2.79. The highest BCUT2D eigenvalue weighted by atomic mass is 16.2. The Balaban J connectivity index is 1.88. The van der Waals surface area contributed by atoms with E-state index in [1.807, 2.05) is 14.1 Å². The Morgan fingerprint density at radius 2 is 1.43 bits per heavy atom. The van der Waals surface area contributed by atoms with Gasteiger partial charge in [-0.1, -0.05) is 12.1 Å². The van der Waals surface area contributed by atoms with Crippen LogP contribution >= 0.6 is 0 Å². The molecule has 0 saturated heterocycles. The van der Waals surface area contributed by atoms with E-state index in [4.69, 9.17) is 0 Å². The van der Waals surface area contributed by atoms with Crippen LogP contribution in [-0.2, 0) is 0 Å². The van der Waals surface area contributed by atoms with Gasteiger partial charge in [0.05, 0.1) is 23.4 Å². The molecule has 0 saturated carbocycles. The first-order valence-corrected chi connectivity index (χ1v) is 7.25. The van der Waals surface area contributed by atoms with Crippen molar-refractivity contribution in [3.8, 4) is 0 Å². The lowest BCUT2D eigenvalue weighted by atomic mass is 10.1. The SMILES string of the molecule is CN(C)CC(=O)c1ccc(N2C(=O)c3ccccc3C2=O)cc1. The fourth-order valence-corrected chi connectivity index (χ4v) is 2.60. The number of carbonyl (C=O) groups excluding carboxylic acids is 3. The first-order valence-electron chi connectivity index (χ1n) is 7.25. The molecule has 1 aliphatic rings. The number of rotatable bonds is 4. The lowest BCUT2D eigenvalue weighted by Gasteiger charge is -2.14. The molecule has 0 atom stereocenters. The summed E-state index contributed by atoms with van der Waals surface area (Å²) in [6, 6.07) is 13.3. The number of amides is 2. The van der Waals surface area contributed by atoms with Crippen LogP contribution in [0.1, 0.15) is 31.1 Å². The van der Waals surface area contributed by atoms with Crippen LogP contribution in [0, 0.1) is 0 Å². The van der Waals surface area contributed by atoms with Gasteiger partial charge in [0.2, 0.25) is 0 Å². The molecule has 0 fully saturated rings. The molecule has 1 aliphatic heterocycles. The van der Waals surface area contributed by atoms with E-state index >= 15 is 0 Å². The molecule has 0 aliphatic carbocycles. The number of benzene rings is 2. The van der Waals surface area contributed by atoms with Crippen LogP contribution in [0.2, 0.25) is 0 Å². The Labute approximate surface area is 134 Å². The zero-order valence-corrected chi connectivity index (χ0v) is 12.9. The summed E-state index contributed by atoms with van der Waals surface area (Å²) in [5.41, 5.74) is 1.84. The molecule has 0 spiro atoms. The Kier molecular flexibility index (Phi) is 3.80. The Morgan fingerprint density at radius 1 is 0.913 bits per heavy atom. The predicted octanol–water partition coefficient (Wildman–Crippen LogP) is 2.23. The van der Waals surface area contributed by atoms with Crippen molar-refractivity contribution in [2.24, 2.45) is 0 Å². The number of hydrogen-bond acceptors (Lipinski definition) is 4. The second-order valence-corrected chi connectivity index (χ2v) is 5.70. The van der Waals surface area contributed by atoms with Crippen LogP contribution in [0.3, 0.4) is 0 Å². The van der Waals surface area contributed by atoms with Crippen LogP contribution < -0.4 is 4.90 Å². The summed E-state index contributed by atoms with van der Waals surface area (Å²) in [6.07, 6.45) is 0. The van der Waals surface area contributed by atoms with Gasteiger partial charge in [-0.3, -0.25) is 14.4 Å². The molecule has 1 heterocycles. The van der Waals surface area contributed by atoms with Gasteiger partial charge in [-0.15, -0.1) is 0 Å². The molecule has 0 bridgehead atoms. The van der Waals surface area contributed by atoms with Crippen molar-refractivity contribution in [3.63, 3.8) is 0 Å². The van der Waals surface area contributed by atoms with Crippen LogP contribution in [0.5, 0.6) is 0 Å². The second kappa shape index (κ2) is 5.78. The third kappa shape index (κ3) is 2.66. The van der Waals surface area contributed by atoms with Crippen molar-refractivity contribution in [1.82, 2.24) is 4.90 Å². The van der Waals surface area contributed by atoms with E-state index in [2.05, 4.69) is 0 Å². The minimum absolute atomic E-state index is 0.0103. The Morgan fingerprint density at radius 3 is 1.91 bits per heavy atom. The van der Waals surface area contributed by atoms with E-state index in [0.717, 1.165) is 4.90 Å². The molecular weight excluding hydrogens is 292 g/mol. The zero-order chi connectivity index (χ0) is 16.6. The van der Waals surface area contributed by atoms with E-state index in [0.29, 0.717) is 28.9 Å². The van der Waals surface area contributed by atoms with E-state index in [-0.39, 0.29) is 17.6 Å². The van der Waals surface area contributed by atoms with Crippen LogP contribution in [-0.4, -0.2) is 43.1 Å². The smallest absolute Gasteiger partial charge is 0.266 e. The summed E-state index contributed by atoms with van der Waals surface area (Å²) in [7, 11) is 3.65. The van der Waals surface area contributed by atoms with Gasteiger partial charge in [-0.25, -0.2) is 4.90 Å². The average molecular weight is 308 g/mol. The van der Waals surface area contributed by atoms with Gasteiger partial charge in [-0.2, -0.15) is 0 Å². The van der Waals surface area contributed by atoms with Crippen molar-refractivity contribution in [1.29, 1.82) is 0 Å². The molecule has 0 N–H and O–H groups in total. The number of Topliss-reactive ketones (excluding diaryl/α,β-unsaturated/α-hetero) is 1. The van der Waals surface area contributed by atoms with Crippen molar-refractivity contribution in [2.45, 2.75) is 0 Å². The lowest BCUT2D eigenvalue weighted by molar-refractivity contribution is 0.0923. The third-order valence-corrected chi connectivity index (χ3v) is 3.70. The van der Waals surface area contributed by atoms with Crippen molar-refractivity contribution < 1.29 is 14.4 Å². The minimum Gasteiger partial charge on any atom is -0.302 e. The summed E-state index contributed by atoms with van der Waals surface area (Å²) in [4.78, 5) is 39.7. The molecule has 23 heavy (non-hydrogen) atoms. The van der Waals surface area contributed by atoms with Crippen LogP contribution in [0.15, 0.2) is 48.5 Å². The molecule has 5 nitrogen and oxygen atoms in total. The molecular formula is C18H16N2O3. The number of nitrogens with zero attached hydrogens (tertiary/aromatic N) is 2. The highest BCUT2D eigenvalue weighted by molar-refractivity contribution is 6.34. The number of ketones is 1. The summed E-state index contributed by atoms with van der Waals surface area (Å²) in [5.74, 6) is -0.681. The number of carbonyl (C=O) groups is 3. The van der Waals surface area contributed by atoms with Gasteiger partial charge < -0.3 is 4.90 Å². The maximum Gasteiger partial charge on any atom is 0.266 e. The molecule has 2 aromatic carbocycles. The number of fused-ring (bicyclic) bond motifs is 1. The monoisotopic (exact) mass is 308 g/mol. The molecule has 5 heteroatoms. The molecule has 2 amide bonds. The second-order valence-electron chi connectivity index (χ2n) is 5.70. The first kappa shape index (κ1) is 15.1. The summed E-state index contributed by atoms with van der Waals surface area (Å²) in [6.45, 7) is 0.312. The predicted molar refractivity (Wildman–Crippen MR) is 86.9 cm³/mol. The van der Waals surface area contributed by atoms with Gasteiger partial charge in [0, 0.05) is 5.56 Å². The maximum atomic E-state index is 12.4. The molecule has 3 rings (SSSR count). The molecule has 0 aromatic heterocycles. The molecule has 116 valence electrons. The normalized spacial score (nSPS) is 13.6. The quantitative estimate of drug-likeness (QED) is 0.642. The molecule has 0 unspecified atom stereocenters. The van der Waals surface area contributed by atoms with Crippen LogP contribution in [0.4, 0.5) is 5.69 Å². The fraction of sp³-hybridized carbons (Fsp3) is 0.167. The summed E-state index contributed by atoms with van der Waals surface area (Å²) >= 11 is 0. The van der Waals surface area contributed by atoms with E-state index in [9.17, 15) is 14.4 Å². The van der Waals surface area contributed by atoms with Crippen molar-refractivity contribution in [3.05, 3.63) is 65.2 Å². The van der Waals surface area contributed by atoms with Crippen molar-refractivity contribution >= 4 is 23.3 Å². The zero-order valence-electron chi connectivity index (χ0n) is 12.9. The summed E-state index contributed by atoms with van der Waals surface area (Å²) < 4.78 is 0. The minimum atomic E-state index is -0.335. The molecule has 2 aromatic rings. The van der Waals surface area contributed by atoms with Gasteiger partial charge in [0.15, 0.2) is 5.78 Å². The average Bonchev–Trinajstić information content (AvgIpc) is 2.79. The van der Waals surface area contributed by atoms with Gasteiger partial charge >= 0.3 is 0 Å². The number of anilines is 1. The number of likely N-dealkylation sites (N-methyl/N-ethyl adjacent to an activating group) is 1. The molecule has 0 radical (unpaired) electrons. The van der Waals surface area contributed by atoms with Gasteiger partial charge in [0.25, 0.3) is 11.8 Å². The topological polar surface area (TPSA) is 57.7 Å². The van der Waals surface area contributed by atoms with Gasteiger partial charge in [-0.05, 0) is 50.5 Å². The van der Waals surface area contributed by atoms with Gasteiger partial charge in [0.1, 0.15) is 0 Å². The van der Waals surface area contributed by atoms with E-state index in [1.165, 1.54) is 0 Å². The largest absolute Gasteiger partial charge is 0.302 e. The number of hydrogen-bond donors (Lipinski definition) is 0.